The molecule has 0 aromatic carbocycles. The van der Waals surface area contributed by atoms with Gasteiger partial charge in [-0.2, -0.15) is 0 Å². The van der Waals surface area contributed by atoms with Crippen LogP contribution >= 0.6 is 0 Å². The van der Waals surface area contributed by atoms with Gasteiger partial charge in [-0.05, 0) is 31.2 Å². The molecule has 0 bridgehead atoms. The van der Waals surface area contributed by atoms with Crippen molar-refractivity contribution in [2.75, 3.05) is 13.1 Å². The number of hydrogen-bond donors (Lipinski definition) is 0. The predicted octanol–water partition coefficient (Wildman–Crippen LogP) is 3.15. The average Bonchev–Trinajstić information content (AvgIpc) is 2.30. The van der Waals surface area contributed by atoms with Gasteiger partial charge in [-0.1, -0.05) is 34.1 Å². The van der Waals surface area contributed by atoms with Crippen LogP contribution in [0, 0.1) is 11.3 Å². The third-order valence-electron chi connectivity index (χ3n) is 3.25. The Morgan fingerprint density at radius 1 is 1.31 bits per heavy atom. The van der Waals surface area contributed by atoms with Crippen molar-refractivity contribution in [1.82, 2.24) is 4.90 Å². The van der Waals surface area contributed by atoms with Gasteiger partial charge in [0.2, 0.25) is 0 Å². The van der Waals surface area contributed by atoms with Crippen LogP contribution in [0.4, 0.5) is 0 Å². The topological polar surface area (TPSA) is 3.24 Å². The second-order valence-corrected chi connectivity index (χ2v) is 5.73. The van der Waals surface area contributed by atoms with E-state index in [1.165, 1.54) is 25.9 Å². The number of nitrogens with zero attached hydrogens (tertiary/aromatic N) is 1. The summed E-state index contributed by atoms with van der Waals surface area (Å²) in [7, 11) is 0. The normalized spacial score (nSPS) is 31.2. The Balaban J connectivity index is 2.46. The van der Waals surface area contributed by atoms with Crippen molar-refractivity contribution in [1.29, 1.82) is 0 Å². The van der Waals surface area contributed by atoms with Crippen molar-refractivity contribution in [3.8, 4) is 0 Å². The molecule has 1 fully saturated rings. The zero-order chi connectivity index (χ0) is 10.1. The summed E-state index contributed by atoms with van der Waals surface area (Å²) in [6.45, 7) is 14.3. The molecule has 0 saturated carbocycles. The Kier molecular flexibility index (Phi) is 3.39. The largest absolute Gasteiger partial charge is 0.300 e. The molecule has 0 amide bonds. The van der Waals surface area contributed by atoms with E-state index in [-0.39, 0.29) is 0 Å². The summed E-state index contributed by atoms with van der Waals surface area (Å²) in [4.78, 5) is 2.66. The molecule has 2 atom stereocenters. The first-order valence-electron chi connectivity index (χ1n) is 5.68. The molecule has 2 unspecified atom stereocenters. The summed E-state index contributed by atoms with van der Waals surface area (Å²) in [6, 6.07) is 0.809. The van der Waals surface area contributed by atoms with Crippen LogP contribution in [0.25, 0.3) is 0 Å². The Labute approximate surface area is 83.5 Å². The fourth-order valence-electron chi connectivity index (χ4n) is 2.45. The fraction of sp³-hybridized carbons (Fsp3) is 1.00. The molecule has 0 aliphatic carbocycles. The SMILES string of the molecule is CCC1CCN(CC(C)(C)C)C1C. The Bertz CT molecular complexity index is 157. The van der Waals surface area contributed by atoms with Gasteiger partial charge in [0.05, 0.1) is 0 Å². The maximum Gasteiger partial charge on any atom is 0.00957 e. The van der Waals surface area contributed by atoms with Gasteiger partial charge >= 0.3 is 0 Å². The standard InChI is InChI=1S/C12H25N/c1-6-11-7-8-13(10(11)2)9-12(3,4)5/h10-11H,6-9H2,1-5H3. The molecule has 1 heterocycles. The van der Waals surface area contributed by atoms with Crippen LogP contribution in [0.2, 0.25) is 0 Å². The third-order valence-corrected chi connectivity index (χ3v) is 3.25. The predicted molar refractivity (Wildman–Crippen MR) is 58.9 cm³/mol. The minimum Gasteiger partial charge on any atom is -0.300 e. The maximum atomic E-state index is 2.66. The van der Waals surface area contributed by atoms with Gasteiger partial charge in [-0.15, -0.1) is 0 Å². The molecule has 0 radical (unpaired) electrons. The van der Waals surface area contributed by atoms with Crippen LogP contribution in [0.3, 0.4) is 0 Å². The molecule has 1 nitrogen and oxygen atoms in total. The quantitative estimate of drug-likeness (QED) is 0.635. The minimum atomic E-state index is 0.455. The molecule has 1 aliphatic heterocycles. The first-order valence-corrected chi connectivity index (χ1v) is 5.68. The van der Waals surface area contributed by atoms with E-state index in [0.717, 1.165) is 12.0 Å². The highest BCUT2D eigenvalue weighted by molar-refractivity contribution is 4.85. The number of likely N-dealkylation sites (tertiary alicyclic amines) is 1. The molecule has 13 heavy (non-hydrogen) atoms. The molecule has 0 N–H and O–H groups in total. The van der Waals surface area contributed by atoms with Crippen LogP contribution in [-0.2, 0) is 0 Å². The third kappa shape index (κ3) is 2.98. The van der Waals surface area contributed by atoms with Crippen molar-refractivity contribution in [2.45, 2.75) is 53.5 Å². The molecule has 1 heteroatoms. The maximum absolute atomic E-state index is 2.66. The molecule has 78 valence electrons. The second-order valence-electron chi connectivity index (χ2n) is 5.73. The number of rotatable bonds is 2. The lowest BCUT2D eigenvalue weighted by Crippen LogP contribution is -2.36. The van der Waals surface area contributed by atoms with E-state index in [0.29, 0.717) is 5.41 Å². The molecule has 0 aromatic rings. The van der Waals surface area contributed by atoms with E-state index < -0.39 is 0 Å². The smallest absolute Gasteiger partial charge is 0.00957 e. The van der Waals surface area contributed by atoms with Crippen molar-refractivity contribution < 1.29 is 0 Å². The van der Waals surface area contributed by atoms with E-state index >= 15 is 0 Å². The Morgan fingerprint density at radius 2 is 1.92 bits per heavy atom. The van der Waals surface area contributed by atoms with E-state index in [9.17, 15) is 0 Å². The fourth-order valence-corrected chi connectivity index (χ4v) is 2.45. The van der Waals surface area contributed by atoms with Crippen LogP contribution < -0.4 is 0 Å². The van der Waals surface area contributed by atoms with Crippen LogP contribution in [0.1, 0.15) is 47.5 Å². The van der Waals surface area contributed by atoms with Crippen molar-refractivity contribution in [2.24, 2.45) is 11.3 Å². The molecule has 1 saturated heterocycles. The summed E-state index contributed by atoms with van der Waals surface area (Å²) in [5, 5.41) is 0. The van der Waals surface area contributed by atoms with Gasteiger partial charge in [-0.25, -0.2) is 0 Å². The van der Waals surface area contributed by atoms with Gasteiger partial charge in [0.25, 0.3) is 0 Å². The van der Waals surface area contributed by atoms with Gasteiger partial charge < -0.3 is 0 Å². The monoisotopic (exact) mass is 183 g/mol. The highest BCUT2D eigenvalue weighted by atomic mass is 15.2. The molecule has 0 aromatic heterocycles. The lowest BCUT2D eigenvalue weighted by Gasteiger charge is -2.30. The van der Waals surface area contributed by atoms with Crippen LogP contribution in [-0.4, -0.2) is 24.0 Å². The first kappa shape index (κ1) is 11.0. The van der Waals surface area contributed by atoms with Crippen molar-refractivity contribution >= 4 is 0 Å². The summed E-state index contributed by atoms with van der Waals surface area (Å²) < 4.78 is 0. The van der Waals surface area contributed by atoms with Crippen molar-refractivity contribution in [3.63, 3.8) is 0 Å². The summed E-state index contributed by atoms with van der Waals surface area (Å²) in [6.07, 6.45) is 2.76. The van der Waals surface area contributed by atoms with E-state index in [1.807, 2.05) is 0 Å². The van der Waals surface area contributed by atoms with E-state index in [1.54, 1.807) is 0 Å². The summed E-state index contributed by atoms with van der Waals surface area (Å²) >= 11 is 0. The summed E-state index contributed by atoms with van der Waals surface area (Å²) in [5.74, 6) is 0.947. The Morgan fingerprint density at radius 3 is 2.31 bits per heavy atom. The van der Waals surface area contributed by atoms with E-state index in [4.69, 9.17) is 0 Å². The zero-order valence-corrected chi connectivity index (χ0v) is 9.93. The lowest BCUT2D eigenvalue weighted by atomic mass is 9.94. The minimum absolute atomic E-state index is 0.455. The lowest BCUT2D eigenvalue weighted by molar-refractivity contribution is 0.171. The first-order chi connectivity index (χ1) is 5.94. The number of hydrogen-bond acceptors (Lipinski definition) is 1. The van der Waals surface area contributed by atoms with Gasteiger partial charge in [0.15, 0.2) is 0 Å². The molecule has 1 aliphatic rings. The second kappa shape index (κ2) is 4.00. The summed E-state index contributed by atoms with van der Waals surface area (Å²) in [5.41, 5.74) is 0.455. The van der Waals surface area contributed by atoms with Crippen LogP contribution in [0.15, 0.2) is 0 Å². The average molecular weight is 183 g/mol. The van der Waals surface area contributed by atoms with Crippen molar-refractivity contribution in [3.05, 3.63) is 0 Å². The Hall–Kier alpha value is -0.0400. The van der Waals surface area contributed by atoms with Gasteiger partial charge in [-0.3, -0.25) is 4.90 Å². The molecular weight excluding hydrogens is 158 g/mol. The highest BCUT2D eigenvalue weighted by Gasteiger charge is 2.31. The van der Waals surface area contributed by atoms with Gasteiger partial charge in [0.1, 0.15) is 0 Å². The van der Waals surface area contributed by atoms with Crippen LogP contribution in [0.5, 0.6) is 0 Å². The zero-order valence-electron chi connectivity index (χ0n) is 9.93. The van der Waals surface area contributed by atoms with Gasteiger partial charge in [0, 0.05) is 12.6 Å². The molecule has 1 rings (SSSR count). The molecular formula is C12H25N. The highest BCUT2D eigenvalue weighted by Crippen LogP contribution is 2.29. The van der Waals surface area contributed by atoms with E-state index in [2.05, 4.69) is 39.5 Å². The molecule has 0 spiro atoms.